The van der Waals surface area contributed by atoms with Crippen molar-refractivity contribution in [1.82, 2.24) is 4.90 Å². The number of nitrogens with one attached hydrogen (secondary N) is 1. The normalized spacial score (nSPS) is 16.5. The van der Waals surface area contributed by atoms with Crippen molar-refractivity contribution < 1.29 is 24.3 Å². The van der Waals surface area contributed by atoms with Gasteiger partial charge in [0.15, 0.2) is 0 Å². The van der Waals surface area contributed by atoms with E-state index in [0.29, 0.717) is 26.2 Å². The number of carbonyl (C=O) groups is 1. The average molecular weight is 359 g/mol. The number of fused-ring (bicyclic) bond motifs is 1. The lowest BCUT2D eigenvalue weighted by atomic mass is 10.1. The average Bonchev–Trinajstić information content (AvgIpc) is 2.67. The van der Waals surface area contributed by atoms with Crippen LogP contribution in [0.15, 0.2) is 42.5 Å². The number of quaternary nitrogens is 1. The van der Waals surface area contributed by atoms with Gasteiger partial charge in [-0.3, -0.25) is 4.90 Å². The summed E-state index contributed by atoms with van der Waals surface area (Å²) in [6.45, 7) is 6.03. The fourth-order valence-electron chi connectivity index (χ4n) is 3.27. The minimum atomic E-state index is -0.536. The molecule has 2 N–H and O–H groups in total. The molecule has 1 saturated heterocycles. The van der Waals surface area contributed by atoms with Crippen molar-refractivity contribution in [2.24, 2.45) is 0 Å². The lowest BCUT2D eigenvalue weighted by Crippen LogP contribution is -3.16. The monoisotopic (exact) mass is 359 g/mol. The van der Waals surface area contributed by atoms with Gasteiger partial charge in [0.25, 0.3) is 0 Å². The molecular formula is C20H27N2O4+. The smallest absolute Gasteiger partial charge is 0.410 e. The van der Waals surface area contributed by atoms with E-state index in [-0.39, 0.29) is 12.7 Å². The first kappa shape index (κ1) is 18.5. The number of benzene rings is 2. The highest BCUT2D eigenvalue weighted by molar-refractivity contribution is 5.83. The first-order chi connectivity index (χ1) is 12.7. The van der Waals surface area contributed by atoms with Crippen LogP contribution in [0, 0.1) is 0 Å². The molecule has 1 heterocycles. The SMILES string of the molecule is CCOC(=O)N1CC[NH+](C[C@@H](O)COc2ccc3ccccc3c2)CC1. The molecule has 6 heteroatoms. The van der Waals surface area contributed by atoms with Crippen LogP contribution in [0.1, 0.15) is 6.92 Å². The first-order valence-electron chi connectivity index (χ1n) is 9.20. The molecule has 1 aliphatic rings. The Morgan fingerprint density at radius 2 is 1.92 bits per heavy atom. The van der Waals surface area contributed by atoms with Gasteiger partial charge in [-0.2, -0.15) is 0 Å². The highest BCUT2D eigenvalue weighted by Gasteiger charge is 2.26. The maximum Gasteiger partial charge on any atom is 0.410 e. The number of hydrogen-bond donors (Lipinski definition) is 2. The number of rotatable bonds is 6. The number of amides is 1. The van der Waals surface area contributed by atoms with Gasteiger partial charge in [0.1, 0.15) is 25.0 Å². The molecule has 0 bridgehead atoms. The van der Waals surface area contributed by atoms with Crippen LogP contribution in [-0.2, 0) is 4.74 Å². The molecule has 140 valence electrons. The van der Waals surface area contributed by atoms with Crippen LogP contribution in [0.4, 0.5) is 4.79 Å². The number of piperazine rings is 1. The van der Waals surface area contributed by atoms with Crippen LogP contribution < -0.4 is 9.64 Å². The second-order valence-corrected chi connectivity index (χ2v) is 6.61. The minimum absolute atomic E-state index is 0.244. The van der Waals surface area contributed by atoms with E-state index in [1.54, 1.807) is 4.90 Å². The molecule has 3 rings (SSSR count). The van der Waals surface area contributed by atoms with Gasteiger partial charge in [0.2, 0.25) is 0 Å². The Morgan fingerprint density at radius 1 is 1.19 bits per heavy atom. The summed E-state index contributed by atoms with van der Waals surface area (Å²) in [4.78, 5) is 14.7. The number of aliphatic hydroxyl groups excluding tert-OH is 1. The maximum absolute atomic E-state index is 11.7. The molecule has 0 radical (unpaired) electrons. The maximum atomic E-state index is 11.7. The summed E-state index contributed by atoms with van der Waals surface area (Å²) in [5.41, 5.74) is 0. The Hall–Kier alpha value is -2.31. The quantitative estimate of drug-likeness (QED) is 0.806. The fraction of sp³-hybridized carbons (Fsp3) is 0.450. The lowest BCUT2D eigenvalue weighted by Gasteiger charge is -2.32. The highest BCUT2D eigenvalue weighted by Crippen LogP contribution is 2.20. The second kappa shape index (κ2) is 8.87. The number of aliphatic hydroxyl groups is 1. The van der Waals surface area contributed by atoms with Crippen LogP contribution in [0.3, 0.4) is 0 Å². The van der Waals surface area contributed by atoms with Crippen LogP contribution in [0.5, 0.6) is 5.75 Å². The van der Waals surface area contributed by atoms with Crippen LogP contribution >= 0.6 is 0 Å². The predicted octanol–water partition coefficient (Wildman–Crippen LogP) is 0.937. The van der Waals surface area contributed by atoms with Crippen LogP contribution in [-0.4, -0.2) is 68.1 Å². The molecule has 0 aliphatic carbocycles. The van der Waals surface area contributed by atoms with Crippen molar-refractivity contribution in [2.75, 3.05) is 45.9 Å². The Morgan fingerprint density at radius 3 is 2.65 bits per heavy atom. The molecule has 6 nitrogen and oxygen atoms in total. The molecular weight excluding hydrogens is 332 g/mol. The van der Waals surface area contributed by atoms with E-state index in [9.17, 15) is 9.90 Å². The Kier molecular flexibility index (Phi) is 6.30. The zero-order valence-electron chi connectivity index (χ0n) is 15.2. The third-order valence-corrected chi connectivity index (χ3v) is 4.68. The van der Waals surface area contributed by atoms with E-state index < -0.39 is 6.10 Å². The van der Waals surface area contributed by atoms with Gasteiger partial charge in [-0.25, -0.2) is 4.79 Å². The topological polar surface area (TPSA) is 63.4 Å². The van der Waals surface area contributed by atoms with Crippen molar-refractivity contribution in [3.8, 4) is 5.75 Å². The predicted molar refractivity (Wildman–Crippen MR) is 99.6 cm³/mol. The summed E-state index contributed by atoms with van der Waals surface area (Å²) >= 11 is 0. The zero-order chi connectivity index (χ0) is 18.4. The molecule has 2 aromatic carbocycles. The van der Waals surface area contributed by atoms with Gasteiger partial charge in [-0.1, -0.05) is 30.3 Å². The van der Waals surface area contributed by atoms with Crippen molar-refractivity contribution in [1.29, 1.82) is 0 Å². The molecule has 1 atom stereocenters. The van der Waals surface area contributed by atoms with Gasteiger partial charge in [0.05, 0.1) is 32.8 Å². The summed E-state index contributed by atoms with van der Waals surface area (Å²) in [5, 5.41) is 12.6. The van der Waals surface area contributed by atoms with E-state index >= 15 is 0 Å². The summed E-state index contributed by atoms with van der Waals surface area (Å²) < 4.78 is 10.8. The van der Waals surface area contributed by atoms with Gasteiger partial charge in [-0.05, 0) is 29.8 Å². The van der Waals surface area contributed by atoms with Crippen LogP contribution in [0.25, 0.3) is 10.8 Å². The molecule has 0 unspecified atom stereocenters. The highest BCUT2D eigenvalue weighted by atomic mass is 16.6. The summed E-state index contributed by atoms with van der Waals surface area (Å²) in [6.07, 6.45) is -0.780. The summed E-state index contributed by atoms with van der Waals surface area (Å²) in [7, 11) is 0. The molecule has 0 spiro atoms. The second-order valence-electron chi connectivity index (χ2n) is 6.61. The minimum Gasteiger partial charge on any atom is -0.491 e. The molecule has 0 saturated carbocycles. The van der Waals surface area contributed by atoms with E-state index in [2.05, 4.69) is 6.07 Å². The van der Waals surface area contributed by atoms with Gasteiger partial charge in [-0.15, -0.1) is 0 Å². The number of nitrogens with zero attached hydrogens (tertiary/aromatic N) is 1. The van der Waals surface area contributed by atoms with E-state index in [0.717, 1.165) is 24.2 Å². The molecule has 1 fully saturated rings. The Bertz CT molecular complexity index is 729. The fourth-order valence-corrected chi connectivity index (χ4v) is 3.27. The molecule has 26 heavy (non-hydrogen) atoms. The Labute approximate surface area is 153 Å². The summed E-state index contributed by atoms with van der Waals surface area (Å²) in [6, 6.07) is 14.1. The van der Waals surface area contributed by atoms with Crippen molar-refractivity contribution >= 4 is 16.9 Å². The van der Waals surface area contributed by atoms with Crippen molar-refractivity contribution in [3.05, 3.63) is 42.5 Å². The van der Waals surface area contributed by atoms with E-state index in [1.807, 2.05) is 43.3 Å². The zero-order valence-corrected chi connectivity index (χ0v) is 15.2. The largest absolute Gasteiger partial charge is 0.491 e. The molecule has 1 amide bonds. The standard InChI is InChI=1S/C20H26N2O4/c1-2-25-20(24)22-11-9-21(10-12-22)14-18(23)15-26-19-8-7-16-5-3-4-6-17(16)13-19/h3-8,13,18,23H,2,9-12,14-15H2,1H3/p+1/t18-/m1/s1. The van der Waals surface area contributed by atoms with Gasteiger partial charge in [0, 0.05) is 0 Å². The first-order valence-corrected chi connectivity index (χ1v) is 9.20. The third-order valence-electron chi connectivity index (χ3n) is 4.68. The molecule has 1 aliphatic heterocycles. The Balaban J connectivity index is 1.43. The molecule has 0 aromatic heterocycles. The van der Waals surface area contributed by atoms with Crippen LogP contribution in [0.2, 0.25) is 0 Å². The number of hydrogen-bond acceptors (Lipinski definition) is 4. The van der Waals surface area contributed by atoms with Gasteiger partial charge >= 0.3 is 6.09 Å². The van der Waals surface area contributed by atoms with E-state index in [4.69, 9.17) is 9.47 Å². The third kappa shape index (κ3) is 4.86. The summed E-state index contributed by atoms with van der Waals surface area (Å²) in [5.74, 6) is 0.768. The van der Waals surface area contributed by atoms with Crippen molar-refractivity contribution in [2.45, 2.75) is 13.0 Å². The number of ether oxygens (including phenoxy) is 2. The lowest BCUT2D eigenvalue weighted by molar-refractivity contribution is -0.907. The van der Waals surface area contributed by atoms with Gasteiger partial charge < -0.3 is 19.5 Å². The van der Waals surface area contributed by atoms with Crippen molar-refractivity contribution in [3.63, 3.8) is 0 Å². The molecule has 2 aromatic rings. The number of carbonyl (C=O) groups excluding carboxylic acids is 1. The van der Waals surface area contributed by atoms with E-state index in [1.165, 1.54) is 10.3 Å².